The number of hydrogen-bond donors (Lipinski definition) is 1. The van der Waals surface area contributed by atoms with Crippen molar-refractivity contribution in [3.8, 4) is 0 Å². The van der Waals surface area contributed by atoms with E-state index in [1.54, 1.807) is 0 Å². The predicted octanol–water partition coefficient (Wildman–Crippen LogP) is 2.64. The summed E-state index contributed by atoms with van der Waals surface area (Å²) < 4.78 is 0. The molecule has 1 aliphatic heterocycles. The van der Waals surface area contributed by atoms with Crippen LogP contribution in [0.4, 0.5) is 0 Å². The number of nitrogens with zero attached hydrogens (tertiary/aromatic N) is 2. The molecule has 1 unspecified atom stereocenters. The van der Waals surface area contributed by atoms with Gasteiger partial charge < -0.3 is 10.6 Å². The highest BCUT2D eigenvalue weighted by molar-refractivity contribution is 5.80. The molecule has 0 spiro atoms. The second-order valence-corrected chi connectivity index (χ2v) is 5.66. The Morgan fingerprint density at radius 2 is 1.78 bits per heavy atom. The maximum Gasteiger partial charge on any atom is 0.192 e. The van der Waals surface area contributed by atoms with Gasteiger partial charge in [0.25, 0.3) is 0 Å². The molecule has 2 N–H and O–H groups in total. The van der Waals surface area contributed by atoms with Crippen LogP contribution < -0.4 is 5.73 Å². The number of aliphatic imine (C=N–C) groups is 1. The average Bonchev–Trinajstić information content (AvgIpc) is 3.12. The maximum atomic E-state index is 5.97. The SMILES string of the molecule is CC(C)N1C(N)=NCC1c1ccc(C2CC2)cc1. The van der Waals surface area contributed by atoms with Gasteiger partial charge in [-0.3, -0.25) is 4.99 Å². The fraction of sp³-hybridized carbons (Fsp3) is 0.533. The van der Waals surface area contributed by atoms with E-state index in [-0.39, 0.29) is 0 Å². The Balaban J connectivity index is 1.81. The number of rotatable bonds is 3. The fourth-order valence-electron chi connectivity index (χ4n) is 2.81. The van der Waals surface area contributed by atoms with Gasteiger partial charge in [0.1, 0.15) is 0 Å². The van der Waals surface area contributed by atoms with Crippen LogP contribution in [-0.4, -0.2) is 23.4 Å². The van der Waals surface area contributed by atoms with Gasteiger partial charge in [-0.25, -0.2) is 0 Å². The van der Waals surface area contributed by atoms with Gasteiger partial charge in [0.15, 0.2) is 5.96 Å². The summed E-state index contributed by atoms with van der Waals surface area (Å²) in [7, 11) is 0. The van der Waals surface area contributed by atoms with Crippen molar-refractivity contribution < 1.29 is 0 Å². The molecule has 0 radical (unpaired) electrons. The first kappa shape index (κ1) is 11.6. The Kier molecular flexibility index (Phi) is 2.77. The Morgan fingerprint density at radius 1 is 1.17 bits per heavy atom. The second kappa shape index (κ2) is 4.30. The molecular weight excluding hydrogens is 222 g/mol. The van der Waals surface area contributed by atoms with Crippen molar-refractivity contribution in [1.82, 2.24) is 4.90 Å². The summed E-state index contributed by atoms with van der Waals surface area (Å²) in [5.41, 5.74) is 8.79. The van der Waals surface area contributed by atoms with E-state index in [1.165, 1.54) is 24.0 Å². The van der Waals surface area contributed by atoms with Gasteiger partial charge in [-0.1, -0.05) is 24.3 Å². The van der Waals surface area contributed by atoms with Crippen molar-refractivity contribution in [3.05, 3.63) is 35.4 Å². The Hall–Kier alpha value is -1.51. The summed E-state index contributed by atoms with van der Waals surface area (Å²) in [6.45, 7) is 5.12. The van der Waals surface area contributed by atoms with E-state index < -0.39 is 0 Å². The smallest absolute Gasteiger partial charge is 0.192 e. The topological polar surface area (TPSA) is 41.6 Å². The van der Waals surface area contributed by atoms with Gasteiger partial charge in [0.05, 0.1) is 12.6 Å². The zero-order valence-corrected chi connectivity index (χ0v) is 11.1. The van der Waals surface area contributed by atoms with Crippen molar-refractivity contribution in [2.45, 2.75) is 44.7 Å². The summed E-state index contributed by atoms with van der Waals surface area (Å²) in [6.07, 6.45) is 2.72. The molecule has 1 heterocycles. The molecule has 0 bridgehead atoms. The van der Waals surface area contributed by atoms with E-state index >= 15 is 0 Å². The highest BCUT2D eigenvalue weighted by Gasteiger charge is 2.30. The quantitative estimate of drug-likeness (QED) is 0.886. The van der Waals surface area contributed by atoms with E-state index in [0.717, 1.165) is 12.5 Å². The van der Waals surface area contributed by atoms with Crippen LogP contribution in [0, 0.1) is 0 Å². The third-order valence-corrected chi connectivity index (χ3v) is 3.95. The van der Waals surface area contributed by atoms with Crippen LogP contribution in [0.3, 0.4) is 0 Å². The predicted molar refractivity (Wildman–Crippen MR) is 74.6 cm³/mol. The molecule has 3 heteroatoms. The summed E-state index contributed by atoms with van der Waals surface area (Å²) in [4.78, 5) is 6.60. The van der Waals surface area contributed by atoms with Gasteiger partial charge in [-0.15, -0.1) is 0 Å². The number of guanidine groups is 1. The van der Waals surface area contributed by atoms with Gasteiger partial charge >= 0.3 is 0 Å². The summed E-state index contributed by atoms with van der Waals surface area (Å²) in [5, 5.41) is 0. The average molecular weight is 243 g/mol. The molecule has 1 atom stereocenters. The second-order valence-electron chi connectivity index (χ2n) is 5.66. The summed E-state index contributed by atoms with van der Waals surface area (Å²) >= 11 is 0. The lowest BCUT2D eigenvalue weighted by Gasteiger charge is -2.30. The maximum absolute atomic E-state index is 5.97. The van der Waals surface area contributed by atoms with Crippen molar-refractivity contribution in [3.63, 3.8) is 0 Å². The fourth-order valence-corrected chi connectivity index (χ4v) is 2.81. The largest absolute Gasteiger partial charge is 0.370 e. The van der Waals surface area contributed by atoms with Crippen LogP contribution in [0.15, 0.2) is 29.3 Å². The molecule has 1 fully saturated rings. The molecule has 1 aromatic carbocycles. The van der Waals surface area contributed by atoms with Gasteiger partial charge in [-0.05, 0) is 43.7 Å². The highest BCUT2D eigenvalue weighted by atomic mass is 15.3. The molecule has 1 aromatic rings. The lowest BCUT2D eigenvalue weighted by molar-refractivity contribution is 0.290. The Labute approximate surface area is 109 Å². The summed E-state index contributed by atoms with van der Waals surface area (Å²) in [6, 6.07) is 9.77. The molecule has 0 amide bonds. The lowest BCUT2D eigenvalue weighted by atomic mass is 10.0. The Morgan fingerprint density at radius 3 is 2.33 bits per heavy atom. The first-order valence-electron chi connectivity index (χ1n) is 6.85. The van der Waals surface area contributed by atoms with Crippen molar-refractivity contribution in [2.75, 3.05) is 6.54 Å². The molecule has 3 nitrogen and oxygen atoms in total. The van der Waals surface area contributed by atoms with Crippen LogP contribution in [0.2, 0.25) is 0 Å². The minimum Gasteiger partial charge on any atom is -0.370 e. The summed E-state index contributed by atoms with van der Waals surface area (Å²) in [5.74, 6) is 1.51. The molecule has 18 heavy (non-hydrogen) atoms. The van der Waals surface area contributed by atoms with Crippen molar-refractivity contribution >= 4 is 5.96 Å². The van der Waals surface area contributed by atoms with E-state index in [0.29, 0.717) is 18.0 Å². The standard InChI is InChI=1S/C15H21N3/c1-10(2)18-14(9-17-15(18)16)13-7-5-12(6-8-13)11-3-4-11/h5-8,10-11,14H,3-4,9H2,1-2H3,(H2,16,17). The van der Waals surface area contributed by atoms with E-state index in [4.69, 9.17) is 5.73 Å². The number of hydrogen-bond acceptors (Lipinski definition) is 3. The first-order chi connectivity index (χ1) is 8.66. The monoisotopic (exact) mass is 243 g/mol. The zero-order valence-electron chi connectivity index (χ0n) is 11.1. The van der Waals surface area contributed by atoms with Crippen LogP contribution in [0.25, 0.3) is 0 Å². The molecular formula is C15H21N3. The molecule has 1 saturated carbocycles. The number of benzene rings is 1. The minimum absolute atomic E-state index is 0.318. The van der Waals surface area contributed by atoms with Gasteiger partial charge in [0.2, 0.25) is 0 Å². The van der Waals surface area contributed by atoms with E-state index in [2.05, 4.69) is 48.0 Å². The van der Waals surface area contributed by atoms with Gasteiger partial charge in [-0.2, -0.15) is 0 Å². The molecule has 2 aliphatic rings. The normalized spacial score (nSPS) is 23.6. The first-order valence-corrected chi connectivity index (χ1v) is 6.85. The Bertz CT molecular complexity index is 457. The third-order valence-electron chi connectivity index (χ3n) is 3.95. The number of nitrogens with two attached hydrogens (primary N) is 1. The molecule has 0 aromatic heterocycles. The van der Waals surface area contributed by atoms with Crippen LogP contribution >= 0.6 is 0 Å². The van der Waals surface area contributed by atoms with Crippen LogP contribution in [-0.2, 0) is 0 Å². The lowest BCUT2D eigenvalue weighted by Crippen LogP contribution is -2.40. The van der Waals surface area contributed by atoms with Crippen molar-refractivity contribution in [2.24, 2.45) is 10.7 Å². The molecule has 96 valence electrons. The van der Waals surface area contributed by atoms with E-state index in [9.17, 15) is 0 Å². The highest BCUT2D eigenvalue weighted by Crippen LogP contribution is 2.40. The molecule has 0 saturated heterocycles. The zero-order chi connectivity index (χ0) is 12.7. The molecule has 1 aliphatic carbocycles. The molecule has 3 rings (SSSR count). The van der Waals surface area contributed by atoms with E-state index in [1.807, 2.05) is 0 Å². The van der Waals surface area contributed by atoms with Gasteiger partial charge in [0, 0.05) is 6.04 Å². The third kappa shape index (κ3) is 1.98. The van der Waals surface area contributed by atoms with Crippen LogP contribution in [0.5, 0.6) is 0 Å². The van der Waals surface area contributed by atoms with Crippen molar-refractivity contribution in [1.29, 1.82) is 0 Å². The van der Waals surface area contributed by atoms with Crippen LogP contribution in [0.1, 0.15) is 49.8 Å². The minimum atomic E-state index is 0.318.